The highest BCUT2D eigenvalue weighted by atomic mass is 32.2. The van der Waals surface area contributed by atoms with E-state index in [1.54, 1.807) is 0 Å². The van der Waals surface area contributed by atoms with Crippen LogP contribution in [0.4, 0.5) is 0 Å². The van der Waals surface area contributed by atoms with Crippen LogP contribution in [0.5, 0.6) is 0 Å². The van der Waals surface area contributed by atoms with E-state index in [2.05, 4.69) is 18.2 Å². The largest absolute Gasteiger partial charge is 0.283 e. The second-order valence-corrected chi connectivity index (χ2v) is 10.2. The zero-order valence-electron chi connectivity index (χ0n) is 16.9. The van der Waals surface area contributed by atoms with E-state index >= 15 is 0 Å². The van der Waals surface area contributed by atoms with Crippen LogP contribution < -0.4 is 5.56 Å². The molecule has 0 aliphatic carbocycles. The molecule has 0 amide bonds. The van der Waals surface area contributed by atoms with E-state index in [9.17, 15) is 13.2 Å². The lowest BCUT2D eigenvalue weighted by molar-refractivity contribution is 0.194. The molecule has 4 rings (SSSR count). The summed E-state index contributed by atoms with van der Waals surface area (Å²) in [6.45, 7) is 4.33. The van der Waals surface area contributed by atoms with Gasteiger partial charge in [0.2, 0.25) is 0 Å². The van der Waals surface area contributed by atoms with E-state index in [-0.39, 0.29) is 29.8 Å². The first kappa shape index (κ1) is 19.8. The van der Waals surface area contributed by atoms with Crippen molar-refractivity contribution >= 4 is 20.6 Å². The normalized spacial score (nSPS) is 18.6. The SMILES string of the molecule is Cc1ccc(C)c(-c2nn(CN(C)[C@@H]3CCS(=O)(=O)C3)c(=O)c3ccccc23)c1. The Morgan fingerprint density at radius 1 is 1.14 bits per heavy atom. The predicted molar refractivity (Wildman–Crippen MR) is 116 cm³/mol. The van der Waals surface area contributed by atoms with Gasteiger partial charge in [0.05, 0.1) is 29.3 Å². The van der Waals surface area contributed by atoms with E-state index in [0.717, 1.165) is 27.8 Å². The maximum absolute atomic E-state index is 13.1. The van der Waals surface area contributed by atoms with Crippen molar-refractivity contribution in [1.29, 1.82) is 0 Å². The summed E-state index contributed by atoms with van der Waals surface area (Å²) in [4.78, 5) is 15.0. The van der Waals surface area contributed by atoms with Crippen LogP contribution in [-0.4, -0.2) is 47.7 Å². The lowest BCUT2D eigenvalue weighted by atomic mass is 9.99. The van der Waals surface area contributed by atoms with Gasteiger partial charge in [-0.15, -0.1) is 0 Å². The summed E-state index contributed by atoms with van der Waals surface area (Å²) < 4.78 is 25.1. The standard InChI is InChI=1S/C22H25N3O3S/c1-15-8-9-16(2)20(12-15)21-18-6-4-5-7-19(18)22(26)25(23-21)14-24(3)17-10-11-29(27,28)13-17/h4-9,12,17H,10-11,13-14H2,1-3H3/t17-/m1/s1. The van der Waals surface area contributed by atoms with Crippen LogP contribution in [-0.2, 0) is 16.5 Å². The summed E-state index contributed by atoms with van der Waals surface area (Å²) in [6.07, 6.45) is 0.588. The molecule has 1 atom stereocenters. The van der Waals surface area contributed by atoms with Gasteiger partial charge in [-0.05, 0) is 45.0 Å². The molecule has 29 heavy (non-hydrogen) atoms. The number of benzene rings is 2. The molecule has 1 aromatic heterocycles. The fraction of sp³-hybridized carbons (Fsp3) is 0.364. The monoisotopic (exact) mass is 411 g/mol. The third-order valence-electron chi connectivity index (χ3n) is 5.70. The maximum Gasteiger partial charge on any atom is 0.275 e. The van der Waals surface area contributed by atoms with Gasteiger partial charge in [-0.25, -0.2) is 13.1 Å². The molecule has 7 heteroatoms. The number of nitrogens with zero attached hydrogens (tertiary/aromatic N) is 3. The number of sulfone groups is 1. The molecule has 3 aromatic rings. The highest BCUT2D eigenvalue weighted by molar-refractivity contribution is 7.91. The quantitative estimate of drug-likeness (QED) is 0.660. The molecule has 2 aromatic carbocycles. The smallest absolute Gasteiger partial charge is 0.275 e. The Morgan fingerprint density at radius 3 is 2.55 bits per heavy atom. The molecule has 1 aliphatic rings. The van der Waals surface area contributed by atoms with E-state index in [4.69, 9.17) is 5.10 Å². The van der Waals surface area contributed by atoms with Crippen molar-refractivity contribution in [3.8, 4) is 11.3 Å². The van der Waals surface area contributed by atoms with E-state index < -0.39 is 9.84 Å². The third-order valence-corrected chi connectivity index (χ3v) is 7.46. The number of rotatable bonds is 4. The Bertz CT molecular complexity index is 1250. The molecule has 2 heterocycles. The van der Waals surface area contributed by atoms with Crippen LogP contribution >= 0.6 is 0 Å². The van der Waals surface area contributed by atoms with Crippen molar-refractivity contribution in [3.63, 3.8) is 0 Å². The highest BCUT2D eigenvalue weighted by Crippen LogP contribution is 2.28. The molecule has 1 saturated heterocycles. The zero-order chi connectivity index (χ0) is 20.8. The number of hydrogen-bond donors (Lipinski definition) is 0. The Morgan fingerprint density at radius 2 is 1.86 bits per heavy atom. The van der Waals surface area contributed by atoms with Crippen LogP contribution in [0, 0.1) is 13.8 Å². The maximum atomic E-state index is 13.1. The second-order valence-electron chi connectivity index (χ2n) is 7.97. The molecule has 0 spiro atoms. The van der Waals surface area contributed by atoms with Crippen molar-refractivity contribution in [2.24, 2.45) is 0 Å². The first-order chi connectivity index (χ1) is 13.7. The molecular formula is C22H25N3O3S. The fourth-order valence-corrected chi connectivity index (χ4v) is 5.78. The number of aryl methyl sites for hydroxylation is 2. The number of aromatic nitrogens is 2. The van der Waals surface area contributed by atoms with E-state index in [1.807, 2.05) is 50.1 Å². The molecule has 0 saturated carbocycles. The molecule has 1 aliphatic heterocycles. The molecular weight excluding hydrogens is 386 g/mol. The molecule has 1 fully saturated rings. The van der Waals surface area contributed by atoms with Crippen LogP contribution in [0.15, 0.2) is 47.3 Å². The lowest BCUT2D eigenvalue weighted by Gasteiger charge is -2.24. The average molecular weight is 412 g/mol. The minimum atomic E-state index is -2.99. The van der Waals surface area contributed by atoms with Gasteiger partial charge in [-0.3, -0.25) is 9.69 Å². The fourth-order valence-electron chi connectivity index (χ4n) is 3.97. The van der Waals surface area contributed by atoms with E-state index in [0.29, 0.717) is 11.8 Å². The Labute approximate surface area is 170 Å². The summed E-state index contributed by atoms with van der Waals surface area (Å²) >= 11 is 0. The topological polar surface area (TPSA) is 72.3 Å². The predicted octanol–water partition coefficient (Wildman–Crippen LogP) is 2.76. The number of hydrogen-bond acceptors (Lipinski definition) is 5. The van der Waals surface area contributed by atoms with Gasteiger partial charge in [-0.1, -0.05) is 35.9 Å². The minimum Gasteiger partial charge on any atom is -0.283 e. The summed E-state index contributed by atoms with van der Waals surface area (Å²) in [5, 5.41) is 6.18. The van der Waals surface area contributed by atoms with Gasteiger partial charge in [0, 0.05) is 17.0 Å². The molecule has 0 bridgehead atoms. The van der Waals surface area contributed by atoms with Crippen molar-refractivity contribution in [3.05, 3.63) is 63.9 Å². The first-order valence-electron chi connectivity index (χ1n) is 9.73. The molecule has 0 N–H and O–H groups in total. The zero-order valence-corrected chi connectivity index (χ0v) is 17.7. The molecule has 152 valence electrons. The summed E-state index contributed by atoms with van der Waals surface area (Å²) in [5.41, 5.74) is 3.83. The summed E-state index contributed by atoms with van der Waals surface area (Å²) in [6, 6.07) is 13.6. The highest BCUT2D eigenvalue weighted by Gasteiger charge is 2.31. The lowest BCUT2D eigenvalue weighted by Crippen LogP contribution is -2.38. The van der Waals surface area contributed by atoms with Crippen LogP contribution in [0.1, 0.15) is 17.5 Å². The van der Waals surface area contributed by atoms with Gasteiger partial charge in [0.1, 0.15) is 0 Å². The Kier molecular flexibility index (Phi) is 5.04. The third kappa shape index (κ3) is 3.84. The minimum absolute atomic E-state index is 0.0932. The van der Waals surface area contributed by atoms with E-state index in [1.165, 1.54) is 4.68 Å². The van der Waals surface area contributed by atoms with Crippen LogP contribution in [0.25, 0.3) is 22.0 Å². The van der Waals surface area contributed by atoms with Gasteiger partial charge in [0.25, 0.3) is 5.56 Å². The van der Waals surface area contributed by atoms with Gasteiger partial charge in [0.15, 0.2) is 9.84 Å². The van der Waals surface area contributed by atoms with Gasteiger partial charge < -0.3 is 0 Å². The van der Waals surface area contributed by atoms with Crippen molar-refractivity contribution in [2.75, 3.05) is 18.6 Å². The van der Waals surface area contributed by atoms with Crippen molar-refractivity contribution in [1.82, 2.24) is 14.7 Å². The van der Waals surface area contributed by atoms with Gasteiger partial charge in [-0.2, -0.15) is 5.10 Å². The first-order valence-corrected chi connectivity index (χ1v) is 11.6. The van der Waals surface area contributed by atoms with Crippen LogP contribution in [0.3, 0.4) is 0 Å². The Balaban J connectivity index is 1.82. The van der Waals surface area contributed by atoms with Crippen molar-refractivity contribution < 1.29 is 8.42 Å². The van der Waals surface area contributed by atoms with Crippen LogP contribution in [0.2, 0.25) is 0 Å². The summed E-state index contributed by atoms with van der Waals surface area (Å²) in [7, 11) is -1.13. The number of fused-ring (bicyclic) bond motifs is 1. The molecule has 6 nitrogen and oxygen atoms in total. The second kappa shape index (κ2) is 7.39. The Hall–Kier alpha value is -2.51. The van der Waals surface area contributed by atoms with Crippen molar-refractivity contribution in [2.45, 2.75) is 33.0 Å². The van der Waals surface area contributed by atoms with Gasteiger partial charge >= 0.3 is 0 Å². The average Bonchev–Trinajstić information content (AvgIpc) is 3.06. The molecule has 0 unspecified atom stereocenters. The molecule has 0 radical (unpaired) electrons. The summed E-state index contributed by atoms with van der Waals surface area (Å²) in [5.74, 6) is 0.339.